The molecule has 86 valence electrons. The second-order valence-corrected chi connectivity index (χ2v) is 3.98. The molecule has 1 rings (SSSR count). The van der Waals surface area contributed by atoms with E-state index in [0.29, 0.717) is 6.54 Å². The van der Waals surface area contributed by atoms with Crippen molar-refractivity contribution in [2.24, 2.45) is 0 Å². The van der Waals surface area contributed by atoms with E-state index in [2.05, 4.69) is 5.32 Å². The summed E-state index contributed by atoms with van der Waals surface area (Å²) in [6.07, 6.45) is 4.41. The fourth-order valence-corrected chi connectivity index (χ4v) is 2.07. The van der Waals surface area contributed by atoms with Gasteiger partial charge in [0.1, 0.15) is 5.88 Å². The molecule has 0 radical (unpaired) electrons. The van der Waals surface area contributed by atoms with Gasteiger partial charge in [-0.2, -0.15) is 0 Å². The van der Waals surface area contributed by atoms with Gasteiger partial charge in [0.25, 0.3) is 0 Å². The lowest BCUT2D eigenvalue weighted by atomic mass is 10.2. The number of alkyl halides is 1. The Morgan fingerprint density at radius 3 is 2.47 bits per heavy atom. The summed E-state index contributed by atoms with van der Waals surface area (Å²) < 4.78 is 0. The van der Waals surface area contributed by atoms with E-state index < -0.39 is 5.91 Å². The summed E-state index contributed by atoms with van der Waals surface area (Å²) in [7, 11) is 0. The zero-order valence-electron chi connectivity index (χ0n) is 8.96. The maximum absolute atomic E-state index is 11.7. The van der Waals surface area contributed by atoms with Crippen molar-refractivity contribution in [2.45, 2.75) is 38.6 Å². The summed E-state index contributed by atoms with van der Waals surface area (Å²) >= 11 is 5.32. The summed E-state index contributed by atoms with van der Waals surface area (Å²) in [6.45, 7) is 2.55. The van der Waals surface area contributed by atoms with Gasteiger partial charge in [0.15, 0.2) is 0 Å². The number of imide groups is 1. The van der Waals surface area contributed by atoms with Crippen LogP contribution in [0, 0.1) is 0 Å². The van der Waals surface area contributed by atoms with Gasteiger partial charge in [-0.15, -0.1) is 11.6 Å². The third kappa shape index (κ3) is 3.38. The molecular formula is C10H17ClN2O2. The molecular weight excluding hydrogens is 216 g/mol. The highest BCUT2D eigenvalue weighted by Crippen LogP contribution is 2.23. The number of halogens is 1. The van der Waals surface area contributed by atoms with Crippen molar-refractivity contribution in [1.29, 1.82) is 0 Å². The topological polar surface area (TPSA) is 49.4 Å². The van der Waals surface area contributed by atoms with Crippen molar-refractivity contribution < 1.29 is 9.59 Å². The molecule has 0 aromatic carbocycles. The first-order valence-corrected chi connectivity index (χ1v) is 5.89. The Kier molecular flexibility index (Phi) is 4.88. The number of rotatable bonds is 3. The molecule has 1 aliphatic rings. The predicted octanol–water partition coefficient (Wildman–Crippen LogP) is 1.73. The Bertz CT molecular complexity index is 240. The van der Waals surface area contributed by atoms with Gasteiger partial charge in [0.05, 0.1) is 0 Å². The van der Waals surface area contributed by atoms with E-state index in [-0.39, 0.29) is 18.0 Å². The van der Waals surface area contributed by atoms with Crippen molar-refractivity contribution in [1.82, 2.24) is 10.2 Å². The van der Waals surface area contributed by atoms with Crippen LogP contribution in [0.1, 0.15) is 32.6 Å². The van der Waals surface area contributed by atoms with Crippen molar-refractivity contribution in [3.63, 3.8) is 0 Å². The van der Waals surface area contributed by atoms with E-state index in [1.165, 1.54) is 0 Å². The van der Waals surface area contributed by atoms with Crippen LogP contribution in [0.4, 0.5) is 4.79 Å². The summed E-state index contributed by atoms with van der Waals surface area (Å²) in [6, 6.07) is -0.0202. The van der Waals surface area contributed by atoms with Gasteiger partial charge in [0, 0.05) is 12.6 Å². The molecule has 5 heteroatoms. The molecule has 0 atom stereocenters. The molecule has 0 aromatic heterocycles. The van der Waals surface area contributed by atoms with Gasteiger partial charge in [-0.05, 0) is 19.8 Å². The average Bonchev–Trinajstić information content (AvgIpc) is 2.72. The molecule has 1 fully saturated rings. The summed E-state index contributed by atoms with van der Waals surface area (Å²) in [5, 5.41) is 2.27. The van der Waals surface area contributed by atoms with Crippen LogP contribution in [0.15, 0.2) is 0 Å². The third-order valence-corrected chi connectivity index (χ3v) is 2.98. The molecule has 0 heterocycles. The third-order valence-electron chi connectivity index (χ3n) is 2.73. The second kappa shape index (κ2) is 5.95. The zero-order valence-corrected chi connectivity index (χ0v) is 9.72. The molecule has 0 aliphatic heterocycles. The van der Waals surface area contributed by atoms with Gasteiger partial charge in [0.2, 0.25) is 5.91 Å². The quantitative estimate of drug-likeness (QED) is 0.754. The number of nitrogens with zero attached hydrogens (tertiary/aromatic N) is 1. The van der Waals surface area contributed by atoms with Gasteiger partial charge >= 0.3 is 6.03 Å². The van der Waals surface area contributed by atoms with Crippen molar-refractivity contribution in [3.05, 3.63) is 0 Å². The molecule has 4 nitrogen and oxygen atoms in total. The number of hydrogen-bond acceptors (Lipinski definition) is 2. The van der Waals surface area contributed by atoms with E-state index in [4.69, 9.17) is 11.6 Å². The predicted molar refractivity (Wildman–Crippen MR) is 58.9 cm³/mol. The number of nitrogens with one attached hydrogen (secondary N) is 1. The molecule has 1 saturated carbocycles. The number of amides is 3. The minimum absolute atomic E-state index is 0.173. The summed E-state index contributed by atoms with van der Waals surface area (Å²) in [4.78, 5) is 24.4. The smallest absolute Gasteiger partial charge is 0.322 e. The highest BCUT2D eigenvalue weighted by molar-refractivity contribution is 6.28. The van der Waals surface area contributed by atoms with Gasteiger partial charge in [-0.1, -0.05) is 12.8 Å². The van der Waals surface area contributed by atoms with E-state index in [0.717, 1.165) is 25.7 Å². The van der Waals surface area contributed by atoms with Crippen LogP contribution in [0.5, 0.6) is 0 Å². The van der Waals surface area contributed by atoms with E-state index in [1.807, 2.05) is 6.92 Å². The number of hydrogen-bond donors (Lipinski definition) is 1. The van der Waals surface area contributed by atoms with Crippen molar-refractivity contribution in [2.75, 3.05) is 12.4 Å². The molecule has 1 N–H and O–H groups in total. The number of carbonyl (C=O) groups is 2. The normalized spacial score (nSPS) is 16.4. The Morgan fingerprint density at radius 1 is 1.40 bits per heavy atom. The van der Waals surface area contributed by atoms with Crippen LogP contribution in [-0.4, -0.2) is 35.3 Å². The molecule has 0 saturated heterocycles. The minimum Gasteiger partial charge on any atom is -0.322 e. The monoisotopic (exact) mass is 232 g/mol. The van der Waals surface area contributed by atoms with Crippen LogP contribution >= 0.6 is 11.6 Å². The van der Waals surface area contributed by atoms with E-state index in [9.17, 15) is 9.59 Å². The first-order valence-electron chi connectivity index (χ1n) is 5.35. The lowest BCUT2D eigenvalue weighted by molar-refractivity contribution is -0.117. The van der Waals surface area contributed by atoms with Gasteiger partial charge in [-0.3, -0.25) is 10.1 Å². The highest BCUT2D eigenvalue weighted by atomic mass is 35.5. The Balaban J connectivity index is 2.49. The fourth-order valence-electron chi connectivity index (χ4n) is 2.01. The maximum atomic E-state index is 11.7. The average molecular weight is 233 g/mol. The Morgan fingerprint density at radius 2 is 2.00 bits per heavy atom. The van der Waals surface area contributed by atoms with Crippen LogP contribution in [0.25, 0.3) is 0 Å². The number of carbonyl (C=O) groups excluding carboxylic acids is 2. The van der Waals surface area contributed by atoms with Crippen LogP contribution in [0.3, 0.4) is 0 Å². The SMILES string of the molecule is CCN(C(=O)NC(=O)CCl)C1CCCC1. The summed E-state index contributed by atoms with van der Waals surface area (Å²) in [5.41, 5.74) is 0. The first kappa shape index (κ1) is 12.3. The van der Waals surface area contributed by atoms with Crippen molar-refractivity contribution >= 4 is 23.5 Å². The molecule has 0 bridgehead atoms. The maximum Gasteiger partial charge on any atom is 0.324 e. The number of urea groups is 1. The Labute approximate surface area is 95.0 Å². The van der Waals surface area contributed by atoms with Crippen LogP contribution in [0.2, 0.25) is 0 Å². The lowest BCUT2D eigenvalue weighted by Gasteiger charge is -2.27. The largest absolute Gasteiger partial charge is 0.324 e. The molecule has 0 spiro atoms. The molecule has 1 aliphatic carbocycles. The van der Waals surface area contributed by atoms with Gasteiger partial charge in [-0.25, -0.2) is 4.79 Å². The van der Waals surface area contributed by atoms with Crippen LogP contribution in [-0.2, 0) is 4.79 Å². The Hall–Kier alpha value is -0.770. The highest BCUT2D eigenvalue weighted by Gasteiger charge is 2.25. The summed E-state index contributed by atoms with van der Waals surface area (Å²) in [5.74, 6) is -0.605. The molecule has 3 amide bonds. The lowest BCUT2D eigenvalue weighted by Crippen LogP contribution is -2.47. The fraction of sp³-hybridized carbons (Fsp3) is 0.800. The first-order chi connectivity index (χ1) is 7.19. The second-order valence-electron chi connectivity index (χ2n) is 3.71. The molecule has 0 aromatic rings. The zero-order chi connectivity index (χ0) is 11.3. The minimum atomic E-state index is -0.432. The standard InChI is InChI=1S/C10H17ClN2O2/c1-2-13(8-5-3-4-6-8)10(15)12-9(14)7-11/h8H,2-7H2,1H3,(H,12,14,15). The molecule has 15 heavy (non-hydrogen) atoms. The van der Waals surface area contributed by atoms with E-state index in [1.54, 1.807) is 4.90 Å². The van der Waals surface area contributed by atoms with Crippen molar-refractivity contribution in [3.8, 4) is 0 Å². The van der Waals surface area contributed by atoms with Gasteiger partial charge < -0.3 is 4.90 Å². The van der Waals surface area contributed by atoms with Crippen LogP contribution < -0.4 is 5.32 Å². The van der Waals surface area contributed by atoms with E-state index >= 15 is 0 Å². The molecule has 0 unspecified atom stereocenters.